The van der Waals surface area contributed by atoms with Gasteiger partial charge in [-0.2, -0.15) is 0 Å². The lowest BCUT2D eigenvalue weighted by atomic mass is 10.0. The number of hydrogen-bond acceptors (Lipinski definition) is 0. The van der Waals surface area contributed by atoms with Gasteiger partial charge in [0.05, 0.1) is 18.5 Å². The molecule has 0 aliphatic rings. The second kappa shape index (κ2) is 23.1. The number of halogens is 1. The standard InChI is InChI=1S/C28H59BrP/c1-5-9-13-14-15-16-17-18-19-20-21-22-23-24-28(29)30(25-10-6-2,26-11-7-3)27-12-8-4/h28H,5-27H2,1-4H3/q+1. The van der Waals surface area contributed by atoms with Crippen LogP contribution in [0.4, 0.5) is 0 Å². The zero-order valence-electron chi connectivity index (χ0n) is 21.7. The molecule has 0 aromatic heterocycles. The third-order valence-electron chi connectivity index (χ3n) is 7.01. The van der Waals surface area contributed by atoms with E-state index in [1.807, 2.05) is 0 Å². The van der Waals surface area contributed by atoms with Gasteiger partial charge in [0, 0.05) is 7.26 Å². The van der Waals surface area contributed by atoms with Gasteiger partial charge in [0.15, 0.2) is 0 Å². The molecule has 0 aliphatic carbocycles. The molecule has 0 N–H and O–H groups in total. The van der Waals surface area contributed by atoms with Gasteiger partial charge >= 0.3 is 0 Å². The molecule has 0 aromatic carbocycles. The SMILES string of the molecule is CCCCCCCCCCCCCCCC(Br)[P+](CCCC)(CCCC)CCCC. The van der Waals surface area contributed by atoms with Crippen LogP contribution < -0.4 is 0 Å². The van der Waals surface area contributed by atoms with E-state index in [1.54, 1.807) is 18.5 Å². The number of hydrogen-bond donors (Lipinski definition) is 0. The molecule has 30 heavy (non-hydrogen) atoms. The van der Waals surface area contributed by atoms with Gasteiger partial charge < -0.3 is 0 Å². The van der Waals surface area contributed by atoms with Gasteiger partial charge in [-0.3, -0.25) is 0 Å². The van der Waals surface area contributed by atoms with E-state index in [4.69, 9.17) is 0 Å². The lowest BCUT2D eigenvalue weighted by Crippen LogP contribution is -2.18. The summed E-state index contributed by atoms with van der Waals surface area (Å²) in [6.07, 6.45) is 33.6. The van der Waals surface area contributed by atoms with Crippen molar-refractivity contribution in [3.8, 4) is 0 Å². The third-order valence-corrected chi connectivity index (χ3v) is 15.1. The second-order valence-corrected chi connectivity index (χ2v) is 16.1. The highest BCUT2D eigenvalue weighted by Gasteiger charge is 2.42. The van der Waals surface area contributed by atoms with Crippen LogP contribution in [0, 0.1) is 0 Å². The normalized spacial score (nSPS) is 13.1. The third kappa shape index (κ3) is 16.5. The Morgan fingerprint density at radius 1 is 0.433 bits per heavy atom. The van der Waals surface area contributed by atoms with Gasteiger partial charge in [-0.25, -0.2) is 0 Å². The molecule has 0 heterocycles. The Kier molecular flexibility index (Phi) is 23.8. The molecule has 0 saturated heterocycles. The van der Waals surface area contributed by atoms with Gasteiger partial charge in [-0.15, -0.1) is 0 Å². The molecule has 0 fully saturated rings. The van der Waals surface area contributed by atoms with E-state index in [0.29, 0.717) is 0 Å². The Bertz CT molecular complexity index is 309. The van der Waals surface area contributed by atoms with Crippen molar-refractivity contribution in [1.29, 1.82) is 0 Å². The molecule has 0 aliphatic heterocycles. The first-order valence-electron chi connectivity index (χ1n) is 14.2. The maximum absolute atomic E-state index is 4.28. The summed E-state index contributed by atoms with van der Waals surface area (Å²) >= 11 is 4.28. The minimum atomic E-state index is -0.805. The van der Waals surface area contributed by atoms with Crippen molar-refractivity contribution < 1.29 is 0 Å². The van der Waals surface area contributed by atoms with E-state index in [0.717, 1.165) is 4.57 Å². The van der Waals surface area contributed by atoms with Gasteiger partial charge in [-0.1, -0.05) is 124 Å². The molecule has 1 atom stereocenters. The summed E-state index contributed by atoms with van der Waals surface area (Å²) in [4.78, 5) is 0. The van der Waals surface area contributed by atoms with Gasteiger partial charge in [0.25, 0.3) is 0 Å². The summed E-state index contributed by atoms with van der Waals surface area (Å²) in [6, 6.07) is 0. The Labute approximate surface area is 202 Å². The molecule has 1 unspecified atom stereocenters. The smallest absolute Gasteiger partial charge is 0.0654 e. The number of rotatable bonds is 24. The van der Waals surface area contributed by atoms with Crippen molar-refractivity contribution in [2.45, 2.75) is 161 Å². The van der Waals surface area contributed by atoms with Crippen LogP contribution in [0.2, 0.25) is 0 Å². The van der Waals surface area contributed by atoms with E-state index >= 15 is 0 Å². The van der Waals surface area contributed by atoms with Crippen molar-refractivity contribution in [2.75, 3.05) is 18.5 Å². The first kappa shape index (κ1) is 30.9. The van der Waals surface area contributed by atoms with Crippen molar-refractivity contribution in [2.24, 2.45) is 0 Å². The summed E-state index contributed by atoms with van der Waals surface area (Å²) < 4.78 is 0.849. The van der Waals surface area contributed by atoms with Crippen molar-refractivity contribution in [3.63, 3.8) is 0 Å². The lowest BCUT2D eigenvalue weighted by Gasteiger charge is -2.32. The van der Waals surface area contributed by atoms with E-state index in [2.05, 4.69) is 43.6 Å². The molecule has 0 radical (unpaired) electrons. The summed E-state index contributed by atoms with van der Waals surface area (Å²) in [7, 11) is -0.805. The summed E-state index contributed by atoms with van der Waals surface area (Å²) in [5, 5.41) is 0. The predicted molar refractivity (Wildman–Crippen MR) is 149 cm³/mol. The average molecular weight is 507 g/mol. The van der Waals surface area contributed by atoms with E-state index in [9.17, 15) is 0 Å². The molecule has 0 aromatic rings. The van der Waals surface area contributed by atoms with E-state index in [1.165, 1.54) is 128 Å². The fourth-order valence-electron chi connectivity index (χ4n) is 4.78. The van der Waals surface area contributed by atoms with E-state index in [-0.39, 0.29) is 0 Å². The monoisotopic (exact) mass is 505 g/mol. The van der Waals surface area contributed by atoms with Crippen LogP contribution in [0.1, 0.15) is 156 Å². The largest absolute Gasteiger partial charge is 0.123 e. The molecular formula is C28H59BrP+. The van der Waals surface area contributed by atoms with E-state index < -0.39 is 7.26 Å². The first-order valence-corrected chi connectivity index (χ1v) is 17.5. The summed E-state index contributed by atoms with van der Waals surface area (Å²) in [6.45, 7) is 9.44. The van der Waals surface area contributed by atoms with Gasteiger partial charge in [-0.05, 0) is 48.0 Å². The van der Waals surface area contributed by atoms with Crippen LogP contribution in [0.3, 0.4) is 0 Å². The summed E-state index contributed by atoms with van der Waals surface area (Å²) in [5.41, 5.74) is 0. The minimum Gasteiger partial charge on any atom is -0.0654 e. The fraction of sp³-hybridized carbons (Fsp3) is 1.00. The van der Waals surface area contributed by atoms with Crippen LogP contribution in [-0.4, -0.2) is 23.1 Å². The topological polar surface area (TPSA) is 0 Å². The number of alkyl halides is 1. The molecule has 0 saturated carbocycles. The number of unbranched alkanes of at least 4 members (excludes halogenated alkanes) is 15. The van der Waals surface area contributed by atoms with Crippen molar-refractivity contribution in [1.82, 2.24) is 0 Å². The highest BCUT2D eigenvalue weighted by Crippen LogP contribution is 2.67. The zero-order valence-corrected chi connectivity index (χ0v) is 24.1. The minimum absolute atomic E-state index is 0.805. The molecular weight excluding hydrogens is 447 g/mol. The maximum atomic E-state index is 4.28. The van der Waals surface area contributed by atoms with Crippen molar-refractivity contribution in [3.05, 3.63) is 0 Å². The highest BCUT2D eigenvalue weighted by atomic mass is 79.9. The molecule has 2 heteroatoms. The average Bonchev–Trinajstić information content (AvgIpc) is 2.76. The molecule has 0 rings (SSSR count). The molecule has 182 valence electrons. The van der Waals surface area contributed by atoms with Gasteiger partial charge in [0.2, 0.25) is 0 Å². The van der Waals surface area contributed by atoms with Crippen LogP contribution in [0.25, 0.3) is 0 Å². The highest BCUT2D eigenvalue weighted by molar-refractivity contribution is 9.11. The fourth-order valence-corrected chi connectivity index (χ4v) is 12.0. The second-order valence-electron chi connectivity index (χ2n) is 9.92. The van der Waals surface area contributed by atoms with Crippen LogP contribution in [0.5, 0.6) is 0 Å². The predicted octanol–water partition coefficient (Wildman–Crippen LogP) is 11.6. The Hall–Kier alpha value is 0.910. The molecule has 0 bridgehead atoms. The Balaban J connectivity index is 3.99. The molecule has 0 amide bonds. The van der Waals surface area contributed by atoms with Gasteiger partial charge in [0.1, 0.15) is 4.57 Å². The summed E-state index contributed by atoms with van der Waals surface area (Å²) in [5.74, 6) is 0. The van der Waals surface area contributed by atoms with Crippen LogP contribution >= 0.6 is 23.2 Å². The van der Waals surface area contributed by atoms with Crippen molar-refractivity contribution >= 4 is 23.2 Å². The molecule has 0 nitrogen and oxygen atoms in total. The Morgan fingerprint density at radius 3 is 1.07 bits per heavy atom. The Morgan fingerprint density at radius 2 is 0.733 bits per heavy atom. The van der Waals surface area contributed by atoms with Crippen LogP contribution in [-0.2, 0) is 0 Å². The maximum Gasteiger partial charge on any atom is 0.123 e. The van der Waals surface area contributed by atoms with Crippen LogP contribution in [0.15, 0.2) is 0 Å². The first-order chi connectivity index (χ1) is 14.7. The quantitative estimate of drug-likeness (QED) is 0.0694. The molecule has 0 spiro atoms. The zero-order chi connectivity index (χ0) is 22.3. The lowest BCUT2D eigenvalue weighted by molar-refractivity contribution is 0.537.